The Morgan fingerprint density at radius 2 is 2.10 bits per heavy atom. The number of thiophene rings is 1. The molecular formula is C16H17ClN2OS. The molecule has 0 unspecified atom stereocenters. The maximum Gasteiger partial charge on any atom is 0.258 e. The number of anilines is 2. The van der Waals surface area contributed by atoms with Crippen LogP contribution in [-0.4, -0.2) is 5.91 Å². The van der Waals surface area contributed by atoms with Crippen molar-refractivity contribution in [3.8, 4) is 0 Å². The lowest BCUT2D eigenvalue weighted by Crippen LogP contribution is -2.17. The molecule has 3 rings (SSSR count). The number of fused-ring (bicyclic) bond motifs is 1. The van der Waals surface area contributed by atoms with Gasteiger partial charge in [0, 0.05) is 15.6 Å². The summed E-state index contributed by atoms with van der Waals surface area (Å²) in [7, 11) is 0. The molecule has 1 atom stereocenters. The van der Waals surface area contributed by atoms with Crippen molar-refractivity contribution < 1.29 is 4.79 Å². The molecule has 1 aliphatic carbocycles. The molecule has 0 bridgehead atoms. The summed E-state index contributed by atoms with van der Waals surface area (Å²) in [4.78, 5) is 13.8. The van der Waals surface area contributed by atoms with Crippen molar-refractivity contribution in [2.45, 2.75) is 26.2 Å². The van der Waals surface area contributed by atoms with Crippen LogP contribution >= 0.6 is 22.9 Å². The van der Waals surface area contributed by atoms with Crippen LogP contribution in [0.2, 0.25) is 5.02 Å². The molecule has 0 radical (unpaired) electrons. The van der Waals surface area contributed by atoms with Crippen molar-refractivity contribution in [1.29, 1.82) is 0 Å². The van der Waals surface area contributed by atoms with Gasteiger partial charge >= 0.3 is 0 Å². The highest BCUT2D eigenvalue weighted by atomic mass is 35.5. The number of hydrogen-bond acceptors (Lipinski definition) is 3. The number of carbonyl (C=O) groups excluding carboxylic acids is 1. The Morgan fingerprint density at radius 3 is 2.81 bits per heavy atom. The van der Waals surface area contributed by atoms with Gasteiger partial charge in [0.2, 0.25) is 0 Å². The normalized spacial score (nSPS) is 17.3. The van der Waals surface area contributed by atoms with Gasteiger partial charge in [-0.25, -0.2) is 0 Å². The van der Waals surface area contributed by atoms with Gasteiger partial charge in [0.25, 0.3) is 5.91 Å². The van der Waals surface area contributed by atoms with Gasteiger partial charge in [0.1, 0.15) is 0 Å². The van der Waals surface area contributed by atoms with Crippen molar-refractivity contribution >= 4 is 39.5 Å². The third kappa shape index (κ3) is 2.92. The van der Waals surface area contributed by atoms with Crippen LogP contribution in [0.15, 0.2) is 24.3 Å². The lowest BCUT2D eigenvalue weighted by molar-refractivity contribution is 0.102. The van der Waals surface area contributed by atoms with Crippen LogP contribution in [0, 0.1) is 5.92 Å². The van der Waals surface area contributed by atoms with E-state index < -0.39 is 0 Å². The number of carbonyl (C=O) groups is 1. The Kier molecular flexibility index (Phi) is 3.91. The molecule has 1 heterocycles. The molecule has 0 spiro atoms. The lowest BCUT2D eigenvalue weighted by atomic mass is 9.88. The molecule has 1 amide bonds. The van der Waals surface area contributed by atoms with E-state index in [-0.39, 0.29) is 5.91 Å². The van der Waals surface area contributed by atoms with Gasteiger partial charge in [-0.15, -0.1) is 11.3 Å². The minimum atomic E-state index is -0.123. The van der Waals surface area contributed by atoms with Crippen LogP contribution in [0.1, 0.15) is 34.1 Å². The van der Waals surface area contributed by atoms with Crippen molar-refractivity contribution in [3.63, 3.8) is 0 Å². The van der Waals surface area contributed by atoms with E-state index in [1.165, 1.54) is 4.88 Å². The number of nitrogen functional groups attached to an aromatic ring is 1. The first kappa shape index (κ1) is 14.4. The number of halogens is 1. The van der Waals surface area contributed by atoms with Crippen LogP contribution in [0.4, 0.5) is 10.7 Å². The summed E-state index contributed by atoms with van der Waals surface area (Å²) in [5.74, 6) is 0.546. The Morgan fingerprint density at radius 1 is 1.38 bits per heavy atom. The second-order valence-electron chi connectivity index (χ2n) is 5.55. The monoisotopic (exact) mass is 320 g/mol. The zero-order valence-corrected chi connectivity index (χ0v) is 13.4. The minimum absolute atomic E-state index is 0.123. The van der Waals surface area contributed by atoms with Gasteiger partial charge in [-0.2, -0.15) is 0 Å². The largest absolute Gasteiger partial charge is 0.390 e. The van der Waals surface area contributed by atoms with Crippen molar-refractivity contribution in [1.82, 2.24) is 0 Å². The first-order valence-corrected chi connectivity index (χ1v) is 8.21. The Balaban J connectivity index is 1.86. The van der Waals surface area contributed by atoms with E-state index in [4.69, 9.17) is 17.3 Å². The van der Waals surface area contributed by atoms with Crippen LogP contribution in [0.5, 0.6) is 0 Å². The number of hydrogen-bond donors (Lipinski definition) is 2. The average Bonchev–Trinajstić information content (AvgIpc) is 2.76. The number of amides is 1. The van der Waals surface area contributed by atoms with E-state index in [2.05, 4.69) is 12.2 Å². The quantitative estimate of drug-likeness (QED) is 0.863. The summed E-state index contributed by atoms with van der Waals surface area (Å²) in [6.45, 7) is 2.24. The predicted molar refractivity (Wildman–Crippen MR) is 89.3 cm³/mol. The molecule has 1 aromatic carbocycles. The van der Waals surface area contributed by atoms with Crippen LogP contribution < -0.4 is 11.1 Å². The zero-order valence-electron chi connectivity index (χ0n) is 11.8. The van der Waals surface area contributed by atoms with Crippen LogP contribution in [-0.2, 0) is 12.8 Å². The average molecular weight is 321 g/mol. The number of nitrogens with one attached hydrogen (secondary N) is 1. The summed E-state index contributed by atoms with van der Waals surface area (Å²) < 4.78 is 0. The molecule has 0 saturated carbocycles. The Hall–Kier alpha value is -1.52. The molecule has 110 valence electrons. The molecule has 0 aliphatic heterocycles. The fraction of sp³-hybridized carbons (Fsp3) is 0.312. The molecule has 1 aromatic heterocycles. The van der Waals surface area contributed by atoms with Gasteiger partial charge in [0.05, 0.1) is 10.6 Å². The fourth-order valence-electron chi connectivity index (χ4n) is 2.75. The SMILES string of the molecule is C[C@H]1CCc2c(sc(N)c2C(=O)Nc2ccc(Cl)cc2)C1. The predicted octanol–water partition coefficient (Wildman–Crippen LogP) is 4.36. The topological polar surface area (TPSA) is 55.1 Å². The Bertz CT molecular complexity index is 678. The Labute approximate surface area is 133 Å². The van der Waals surface area contributed by atoms with Gasteiger partial charge < -0.3 is 11.1 Å². The van der Waals surface area contributed by atoms with E-state index in [1.807, 2.05) is 0 Å². The number of rotatable bonds is 2. The standard InChI is InChI=1S/C16H17ClN2OS/c1-9-2-7-12-13(8-9)21-15(18)14(12)16(20)19-11-5-3-10(17)4-6-11/h3-6,9H,2,7-8,18H2,1H3,(H,19,20)/t9-/m0/s1. The summed E-state index contributed by atoms with van der Waals surface area (Å²) in [6, 6.07) is 7.09. The summed E-state index contributed by atoms with van der Waals surface area (Å²) in [6.07, 6.45) is 3.08. The number of benzene rings is 1. The van der Waals surface area contributed by atoms with Gasteiger partial charge in [-0.05, 0) is 55.0 Å². The third-order valence-corrected chi connectivity index (χ3v) is 5.20. The zero-order chi connectivity index (χ0) is 15.0. The lowest BCUT2D eigenvalue weighted by Gasteiger charge is -2.18. The molecule has 1 aliphatic rings. The molecule has 2 aromatic rings. The highest BCUT2D eigenvalue weighted by molar-refractivity contribution is 7.16. The van der Waals surface area contributed by atoms with E-state index in [0.29, 0.717) is 21.5 Å². The third-order valence-electron chi connectivity index (χ3n) is 3.87. The summed E-state index contributed by atoms with van der Waals surface area (Å²) in [5, 5.41) is 4.18. The maximum atomic E-state index is 12.5. The first-order valence-electron chi connectivity index (χ1n) is 7.01. The number of nitrogens with two attached hydrogens (primary N) is 1. The highest BCUT2D eigenvalue weighted by Crippen LogP contribution is 2.38. The van der Waals surface area contributed by atoms with Crippen molar-refractivity contribution in [3.05, 3.63) is 45.3 Å². The van der Waals surface area contributed by atoms with Crippen molar-refractivity contribution in [2.24, 2.45) is 5.92 Å². The van der Waals surface area contributed by atoms with E-state index in [0.717, 1.165) is 30.5 Å². The molecular weight excluding hydrogens is 304 g/mol. The molecule has 21 heavy (non-hydrogen) atoms. The van der Waals surface area contributed by atoms with E-state index in [9.17, 15) is 4.79 Å². The summed E-state index contributed by atoms with van der Waals surface area (Å²) in [5.41, 5.74) is 8.62. The van der Waals surface area contributed by atoms with Gasteiger partial charge in [0.15, 0.2) is 0 Å². The summed E-state index contributed by atoms with van der Waals surface area (Å²) >= 11 is 7.41. The second kappa shape index (κ2) is 5.70. The smallest absolute Gasteiger partial charge is 0.258 e. The first-order chi connectivity index (χ1) is 10.0. The van der Waals surface area contributed by atoms with Crippen LogP contribution in [0.3, 0.4) is 0 Å². The maximum absolute atomic E-state index is 12.5. The van der Waals surface area contributed by atoms with E-state index in [1.54, 1.807) is 35.6 Å². The molecule has 5 heteroatoms. The van der Waals surface area contributed by atoms with Gasteiger partial charge in [-0.3, -0.25) is 4.79 Å². The molecule has 3 N–H and O–H groups in total. The fourth-order valence-corrected chi connectivity index (χ4v) is 4.15. The van der Waals surface area contributed by atoms with E-state index >= 15 is 0 Å². The second-order valence-corrected chi connectivity index (χ2v) is 7.13. The molecule has 0 saturated heterocycles. The van der Waals surface area contributed by atoms with Gasteiger partial charge in [-0.1, -0.05) is 18.5 Å². The molecule has 0 fully saturated rings. The highest BCUT2D eigenvalue weighted by Gasteiger charge is 2.26. The van der Waals surface area contributed by atoms with Crippen molar-refractivity contribution in [2.75, 3.05) is 11.1 Å². The molecule has 3 nitrogen and oxygen atoms in total. The minimum Gasteiger partial charge on any atom is -0.390 e. The van der Waals surface area contributed by atoms with Crippen LogP contribution in [0.25, 0.3) is 0 Å².